The average Bonchev–Trinajstić information content (AvgIpc) is 2.59. The lowest BCUT2D eigenvalue weighted by atomic mass is 10.1. The summed E-state index contributed by atoms with van der Waals surface area (Å²) in [4.78, 5) is 27.2. The quantitative estimate of drug-likeness (QED) is 0.771. The first-order valence-electron chi connectivity index (χ1n) is 7.73. The van der Waals surface area contributed by atoms with E-state index in [0.29, 0.717) is 24.1 Å². The minimum Gasteiger partial charge on any atom is -0.339 e. The van der Waals surface area contributed by atoms with Crippen molar-refractivity contribution in [3.63, 3.8) is 0 Å². The van der Waals surface area contributed by atoms with Crippen molar-refractivity contribution in [2.45, 2.75) is 18.9 Å². The maximum atomic E-state index is 12.6. The Morgan fingerprint density at radius 1 is 1.12 bits per heavy atom. The molecule has 1 aromatic carbocycles. The van der Waals surface area contributed by atoms with Crippen LogP contribution in [0.1, 0.15) is 23.2 Å². The number of nitrogens with zero attached hydrogens (tertiary/aromatic N) is 2. The van der Waals surface area contributed by atoms with Crippen molar-refractivity contribution in [3.8, 4) is 0 Å². The SMILES string of the molecule is C=CC(=O)N(C)c1ccc(C(=O)N(C)C2CCS(=O)(=O)CC2)cc1. The molecular weight excluding hydrogens is 328 g/mol. The van der Waals surface area contributed by atoms with E-state index in [1.54, 1.807) is 43.3 Å². The Morgan fingerprint density at radius 3 is 2.17 bits per heavy atom. The van der Waals surface area contributed by atoms with Crippen molar-refractivity contribution in [2.75, 3.05) is 30.5 Å². The number of carbonyl (C=O) groups is 2. The first-order valence-corrected chi connectivity index (χ1v) is 9.55. The number of hydrogen-bond acceptors (Lipinski definition) is 4. The molecule has 1 aliphatic heterocycles. The fourth-order valence-corrected chi connectivity index (χ4v) is 4.19. The first-order chi connectivity index (χ1) is 11.2. The summed E-state index contributed by atoms with van der Waals surface area (Å²) in [5.41, 5.74) is 1.18. The van der Waals surface area contributed by atoms with Crippen molar-refractivity contribution in [1.82, 2.24) is 4.90 Å². The predicted octanol–water partition coefficient (Wildman–Crippen LogP) is 1.48. The predicted molar refractivity (Wildman–Crippen MR) is 93.8 cm³/mol. The molecular formula is C17H22N2O4S. The molecule has 1 aromatic rings. The number of amides is 2. The molecule has 6 nitrogen and oxygen atoms in total. The fraction of sp³-hybridized carbons (Fsp3) is 0.412. The largest absolute Gasteiger partial charge is 0.339 e. The molecule has 0 saturated carbocycles. The number of anilines is 1. The van der Waals surface area contributed by atoms with E-state index in [1.807, 2.05) is 0 Å². The second-order valence-corrected chi connectivity index (χ2v) is 8.25. The summed E-state index contributed by atoms with van der Waals surface area (Å²) in [6.07, 6.45) is 2.17. The third-order valence-corrected chi connectivity index (χ3v) is 6.11. The van der Waals surface area contributed by atoms with E-state index in [4.69, 9.17) is 0 Å². The van der Waals surface area contributed by atoms with Crippen LogP contribution < -0.4 is 4.90 Å². The molecule has 0 aromatic heterocycles. The highest BCUT2D eigenvalue weighted by Gasteiger charge is 2.28. The van der Waals surface area contributed by atoms with Gasteiger partial charge in [0.1, 0.15) is 9.84 Å². The van der Waals surface area contributed by atoms with Gasteiger partial charge in [-0.25, -0.2) is 8.42 Å². The van der Waals surface area contributed by atoms with E-state index in [9.17, 15) is 18.0 Å². The molecule has 0 aliphatic carbocycles. The molecule has 0 atom stereocenters. The molecule has 0 radical (unpaired) electrons. The lowest BCUT2D eigenvalue weighted by Gasteiger charge is -2.31. The Morgan fingerprint density at radius 2 is 1.67 bits per heavy atom. The standard InChI is InChI=1S/C17H22N2O4S/c1-4-16(20)18(2)14-7-5-13(6-8-14)17(21)19(3)15-9-11-24(22,23)12-10-15/h4-8,15H,1,9-12H2,2-3H3. The second-order valence-electron chi connectivity index (χ2n) is 5.95. The maximum absolute atomic E-state index is 12.6. The minimum absolute atomic E-state index is 0.0641. The Bertz CT molecular complexity index is 726. The number of carbonyl (C=O) groups excluding carboxylic acids is 2. The molecule has 0 spiro atoms. The number of hydrogen-bond donors (Lipinski definition) is 0. The van der Waals surface area contributed by atoms with Gasteiger partial charge in [0.05, 0.1) is 11.5 Å². The van der Waals surface area contributed by atoms with Crippen molar-refractivity contribution >= 4 is 27.3 Å². The van der Waals surface area contributed by atoms with Gasteiger partial charge < -0.3 is 9.80 Å². The molecule has 2 amide bonds. The summed E-state index contributed by atoms with van der Waals surface area (Å²) in [6, 6.07) is 6.67. The van der Waals surface area contributed by atoms with E-state index in [1.165, 1.54) is 11.0 Å². The summed E-state index contributed by atoms with van der Waals surface area (Å²) in [6.45, 7) is 3.44. The van der Waals surface area contributed by atoms with Crippen molar-refractivity contribution in [2.24, 2.45) is 0 Å². The van der Waals surface area contributed by atoms with E-state index < -0.39 is 9.84 Å². The van der Waals surface area contributed by atoms with Crippen LogP contribution in [0.3, 0.4) is 0 Å². The van der Waals surface area contributed by atoms with Crippen molar-refractivity contribution < 1.29 is 18.0 Å². The zero-order valence-electron chi connectivity index (χ0n) is 13.9. The van der Waals surface area contributed by atoms with Crippen LogP contribution in [0.4, 0.5) is 5.69 Å². The zero-order chi connectivity index (χ0) is 17.9. The third kappa shape index (κ3) is 4.03. The molecule has 0 N–H and O–H groups in total. The summed E-state index contributed by atoms with van der Waals surface area (Å²) in [5.74, 6) is -0.121. The zero-order valence-corrected chi connectivity index (χ0v) is 14.8. The average molecular weight is 350 g/mol. The minimum atomic E-state index is -2.95. The topological polar surface area (TPSA) is 74.8 Å². The Kier molecular flexibility index (Phi) is 5.43. The smallest absolute Gasteiger partial charge is 0.253 e. The van der Waals surface area contributed by atoms with E-state index >= 15 is 0 Å². The van der Waals surface area contributed by atoms with Gasteiger partial charge in [0.25, 0.3) is 5.91 Å². The van der Waals surface area contributed by atoms with Gasteiger partial charge in [0.2, 0.25) is 5.91 Å². The van der Waals surface area contributed by atoms with Crippen LogP contribution in [0.15, 0.2) is 36.9 Å². The Labute approximate surface area is 142 Å². The number of sulfone groups is 1. The maximum Gasteiger partial charge on any atom is 0.253 e. The van der Waals surface area contributed by atoms with Gasteiger partial charge in [-0.3, -0.25) is 9.59 Å². The summed E-state index contributed by atoms with van der Waals surface area (Å²) in [7, 11) is 0.386. The summed E-state index contributed by atoms with van der Waals surface area (Å²) in [5, 5.41) is 0. The third-order valence-electron chi connectivity index (χ3n) is 4.40. The molecule has 130 valence electrons. The van der Waals surface area contributed by atoms with Crippen molar-refractivity contribution in [1.29, 1.82) is 0 Å². The van der Waals surface area contributed by atoms with Gasteiger partial charge in [-0.05, 0) is 43.2 Å². The lowest BCUT2D eigenvalue weighted by molar-refractivity contribution is -0.113. The highest BCUT2D eigenvalue weighted by molar-refractivity contribution is 7.91. The van der Waals surface area contributed by atoms with Gasteiger partial charge in [0, 0.05) is 31.4 Å². The van der Waals surface area contributed by atoms with Crippen LogP contribution >= 0.6 is 0 Å². The van der Waals surface area contributed by atoms with Crippen LogP contribution in [0, 0.1) is 0 Å². The molecule has 0 unspecified atom stereocenters. The highest BCUT2D eigenvalue weighted by atomic mass is 32.2. The van der Waals surface area contributed by atoms with Gasteiger partial charge in [0.15, 0.2) is 0 Å². The molecule has 24 heavy (non-hydrogen) atoms. The molecule has 1 heterocycles. The van der Waals surface area contributed by atoms with Gasteiger partial charge in [-0.2, -0.15) is 0 Å². The summed E-state index contributed by atoms with van der Waals surface area (Å²) < 4.78 is 23.0. The van der Waals surface area contributed by atoms with E-state index in [0.717, 1.165) is 0 Å². The van der Waals surface area contributed by atoms with Gasteiger partial charge in [-0.1, -0.05) is 6.58 Å². The molecule has 2 rings (SSSR count). The van der Waals surface area contributed by atoms with E-state index in [2.05, 4.69) is 6.58 Å². The molecule has 1 saturated heterocycles. The Balaban J connectivity index is 2.07. The van der Waals surface area contributed by atoms with E-state index in [-0.39, 0.29) is 29.4 Å². The molecule has 1 aliphatic rings. The van der Waals surface area contributed by atoms with Gasteiger partial charge >= 0.3 is 0 Å². The molecule has 0 bridgehead atoms. The van der Waals surface area contributed by atoms with Crippen LogP contribution in [-0.4, -0.2) is 56.8 Å². The van der Waals surface area contributed by atoms with Crippen molar-refractivity contribution in [3.05, 3.63) is 42.5 Å². The number of rotatable bonds is 4. The lowest BCUT2D eigenvalue weighted by Crippen LogP contribution is -2.42. The second kappa shape index (κ2) is 7.17. The number of benzene rings is 1. The van der Waals surface area contributed by atoms with Crippen LogP contribution in [0.25, 0.3) is 0 Å². The van der Waals surface area contributed by atoms with Crippen LogP contribution in [0.2, 0.25) is 0 Å². The van der Waals surface area contributed by atoms with Crippen LogP contribution in [0.5, 0.6) is 0 Å². The molecule has 7 heteroatoms. The Hall–Kier alpha value is -2.15. The normalized spacial score (nSPS) is 17.1. The highest BCUT2D eigenvalue weighted by Crippen LogP contribution is 2.20. The fourth-order valence-electron chi connectivity index (χ4n) is 2.73. The number of likely N-dealkylation sites (N-methyl/N-ethyl adjacent to an activating group) is 1. The monoisotopic (exact) mass is 350 g/mol. The first kappa shape index (κ1) is 18.2. The van der Waals surface area contributed by atoms with Gasteiger partial charge in [-0.15, -0.1) is 0 Å². The summed E-state index contributed by atoms with van der Waals surface area (Å²) >= 11 is 0. The molecule has 1 fully saturated rings. The van der Waals surface area contributed by atoms with Crippen LogP contribution in [-0.2, 0) is 14.6 Å².